The van der Waals surface area contributed by atoms with E-state index in [9.17, 15) is 4.79 Å². The Kier molecular flexibility index (Phi) is 4.06. The van der Waals surface area contributed by atoms with Gasteiger partial charge in [-0.3, -0.25) is 9.69 Å². The predicted octanol–water partition coefficient (Wildman–Crippen LogP) is 2.34. The Morgan fingerprint density at radius 2 is 2.00 bits per heavy atom. The molecule has 0 aromatic heterocycles. The highest BCUT2D eigenvalue weighted by molar-refractivity contribution is 5.76. The van der Waals surface area contributed by atoms with Gasteiger partial charge >= 0.3 is 0 Å². The largest absolute Gasteiger partial charge is 0.356 e. The van der Waals surface area contributed by atoms with E-state index < -0.39 is 0 Å². The number of aryl methyl sites for hydroxylation is 1. The van der Waals surface area contributed by atoms with Gasteiger partial charge in [-0.1, -0.05) is 29.8 Å². The van der Waals surface area contributed by atoms with Gasteiger partial charge < -0.3 is 5.32 Å². The van der Waals surface area contributed by atoms with E-state index in [1.54, 1.807) is 0 Å². The fourth-order valence-electron chi connectivity index (χ4n) is 3.55. The van der Waals surface area contributed by atoms with Crippen molar-refractivity contribution in [1.82, 2.24) is 10.2 Å². The summed E-state index contributed by atoms with van der Waals surface area (Å²) >= 11 is 0. The Hall–Kier alpha value is -1.35. The van der Waals surface area contributed by atoms with Gasteiger partial charge in [0.15, 0.2) is 0 Å². The number of amides is 1. The van der Waals surface area contributed by atoms with Gasteiger partial charge in [0.2, 0.25) is 5.91 Å². The first-order valence-electron chi connectivity index (χ1n) is 7.75. The molecule has 0 radical (unpaired) electrons. The van der Waals surface area contributed by atoms with Gasteiger partial charge in [0.1, 0.15) is 0 Å². The monoisotopic (exact) mass is 272 g/mol. The number of likely N-dealkylation sites (tertiary alicyclic amines) is 1. The van der Waals surface area contributed by atoms with Gasteiger partial charge in [0.25, 0.3) is 0 Å². The van der Waals surface area contributed by atoms with Gasteiger partial charge in [-0.25, -0.2) is 0 Å². The lowest BCUT2D eigenvalue weighted by Crippen LogP contribution is -2.40. The number of benzene rings is 1. The fourth-order valence-corrected chi connectivity index (χ4v) is 3.55. The zero-order valence-electron chi connectivity index (χ0n) is 12.3. The molecule has 2 heterocycles. The molecule has 2 unspecified atom stereocenters. The summed E-state index contributed by atoms with van der Waals surface area (Å²) in [4.78, 5) is 14.2. The van der Waals surface area contributed by atoms with Crippen LogP contribution in [0, 0.1) is 18.8 Å². The van der Waals surface area contributed by atoms with Crippen molar-refractivity contribution in [1.29, 1.82) is 0 Å². The number of nitrogens with zero attached hydrogens (tertiary/aromatic N) is 1. The molecule has 0 saturated carbocycles. The van der Waals surface area contributed by atoms with Crippen LogP contribution in [0.4, 0.5) is 0 Å². The van der Waals surface area contributed by atoms with Crippen LogP contribution in [-0.4, -0.2) is 30.4 Å². The van der Waals surface area contributed by atoms with E-state index in [-0.39, 0.29) is 5.91 Å². The van der Waals surface area contributed by atoms with E-state index in [1.807, 2.05) is 0 Å². The minimum absolute atomic E-state index is 0.254. The second-order valence-corrected chi connectivity index (χ2v) is 6.37. The first-order chi connectivity index (χ1) is 9.70. The summed E-state index contributed by atoms with van der Waals surface area (Å²) < 4.78 is 0. The molecule has 2 fully saturated rings. The van der Waals surface area contributed by atoms with Crippen LogP contribution in [0.5, 0.6) is 0 Å². The van der Waals surface area contributed by atoms with E-state index in [4.69, 9.17) is 0 Å². The summed E-state index contributed by atoms with van der Waals surface area (Å²) in [5, 5.41) is 3.01. The molecular formula is C17H24N2O. The van der Waals surface area contributed by atoms with Gasteiger partial charge in [-0.2, -0.15) is 0 Å². The topological polar surface area (TPSA) is 32.3 Å². The smallest absolute Gasteiger partial charge is 0.220 e. The number of hydrogen-bond donors (Lipinski definition) is 1. The van der Waals surface area contributed by atoms with Gasteiger partial charge in [0, 0.05) is 26.1 Å². The molecule has 1 N–H and O–H groups in total. The molecule has 2 aliphatic rings. The minimum atomic E-state index is 0.254. The summed E-state index contributed by atoms with van der Waals surface area (Å²) in [7, 11) is 0. The molecule has 1 amide bonds. The lowest BCUT2D eigenvalue weighted by atomic mass is 9.82. The quantitative estimate of drug-likeness (QED) is 0.896. The van der Waals surface area contributed by atoms with Crippen LogP contribution in [0.3, 0.4) is 0 Å². The van der Waals surface area contributed by atoms with E-state index >= 15 is 0 Å². The van der Waals surface area contributed by atoms with Crippen molar-refractivity contribution in [2.75, 3.05) is 19.6 Å². The average Bonchev–Trinajstić information content (AvgIpc) is 2.62. The Balaban J connectivity index is 1.60. The second kappa shape index (κ2) is 5.96. The lowest BCUT2D eigenvalue weighted by molar-refractivity contribution is -0.121. The summed E-state index contributed by atoms with van der Waals surface area (Å²) in [6.45, 7) is 6.31. The molecule has 20 heavy (non-hydrogen) atoms. The van der Waals surface area contributed by atoms with Crippen molar-refractivity contribution in [3.05, 3.63) is 35.4 Å². The highest BCUT2D eigenvalue weighted by Crippen LogP contribution is 2.31. The highest BCUT2D eigenvalue weighted by atomic mass is 16.1. The number of fused-ring (bicyclic) bond motifs is 1. The Bertz CT molecular complexity index is 468. The van der Waals surface area contributed by atoms with E-state index in [0.717, 1.165) is 39.0 Å². The van der Waals surface area contributed by atoms with Crippen molar-refractivity contribution in [2.24, 2.45) is 11.8 Å². The SMILES string of the molecule is Cc1ccc(CN2CCC3CC(=O)NCCC3C2)cc1. The van der Waals surface area contributed by atoms with Gasteiger partial charge in [0.05, 0.1) is 0 Å². The van der Waals surface area contributed by atoms with Crippen molar-refractivity contribution in [2.45, 2.75) is 32.7 Å². The van der Waals surface area contributed by atoms with Crippen LogP contribution in [0.25, 0.3) is 0 Å². The van der Waals surface area contributed by atoms with E-state index in [2.05, 4.69) is 41.4 Å². The summed E-state index contributed by atoms with van der Waals surface area (Å²) in [6, 6.07) is 8.85. The molecular weight excluding hydrogens is 248 g/mol. The number of carbonyl (C=O) groups is 1. The number of piperidine rings is 1. The van der Waals surface area contributed by atoms with Crippen LogP contribution < -0.4 is 5.32 Å². The molecule has 3 nitrogen and oxygen atoms in total. The Morgan fingerprint density at radius 1 is 1.20 bits per heavy atom. The minimum Gasteiger partial charge on any atom is -0.356 e. The van der Waals surface area contributed by atoms with Crippen molar-refractivity contribution < 1.29 is 4.79 Å². The average molecular weight is 272 g/mol. The first-order valence-corrected chi connectivity index (χ1v) is 7.75. The molecule has 108 valence electrons. The molecule has 0 aliphatic carbocycles. The maximum absolute atomic E-state index is 11.6. The number of nitrogens with one attached hydrogen (secondary N) is 1. The molecule has 3 rings (SSSR count). The zero-order valence-corrected chi connectivity index (χ0v) is 12.3. The van der Waals surface area contributed by atoms with Gasteiger partial charge in [-0.05, 0) is 43.7 Å². The molecule has 2 atom stereocenters. The van der Waals surface area contributed by atoms with Crippen LogP contribution in [0.1, 0.15) is 30.4 Å². The molecule has 2 saturated heterocycles. The third-order valence-corrected chi connectivity index (χ3v) is 4.79. The highest BCUT2D eigenvalue weighted by Gasteiger charge is 2.32. The van der Waals surface area contributed by atoms with Crippen LogP contribution in [0.2, 0.25) is 0 Å². The number of rotatable bonds is 2. The summed E-state index contributed by atoms with van der Waals surface area (Å²) in [5.41, 5.74) is 2.72. The normalized spacial score (nSPS) is 27.6. The van der Waals surface area contributed by atoms with Crippen LogP contribution in [-0.2, 0) is 11.3 Å². The third kappa shape index (κ3) is 3.21. The van der Waals surface area contributed by atoms with E-state index in [1.165, 1.54) is 17.5 Å². The lowest BCUT2D eigenvalue weighted by Gasteiger charge is -2.37. The molecule has 1 aromatic rings. The Labute approximate surface area is 121 Å². The molecule has 0 bridgehead atoms. The first kappa shape index (κ1) is 13.6. The summed E-state index contributed by atoms with van der Waals surface area (Å²) in [5.74, 6) is 1.55. The third-order valence-electron chi connectivity index (χ3n) is 4.79. The Morgan fingerprint density at radius 3 is 2.80 bits per heavy atom. The van der Waals surface area contributed by atoms with Crippen molar-refractivity contribution >= 4 is 5.91 Å². The molecule has 3 heteroatoms. The maximum Gasteiger partial charge on any atom is 0.220 e. The fraction of sp³-hybridized carbons (Fsp3) is 0.588. The summed E-state index contributed by atoms with van der Waals surface area (Å²) in [6.07, 6.45) is 3.05. The van der Waals surface area contributed by atoms with Crippen molar-refractivity contribution in [3.63, 3.8) is 0 Å². The zero-order chi connectivity index (χ0) is 13.9. The molecule has 0 spiro atoms. The number of carbonyl (C=O) groups excluding carboxylic acids is 1. The van der Waals surface area contributed by atoms with Gasteiger partial charge in [-0.15, -0.1) is 0 Å². The molecule has 2 aliphatic heterocycles. The van der Waals surface area contributed by atoms with E-state index in [0.29, 0.717) is 11.8 Å². The number of hydrogen-bond acceptors (Lipinski definition) is 2. The maximum atomic E-state index is 11.6. The molecule has 1 aromatic carbocycles. The van der Waals surface area contributed by atoms with Crippen LogP contribution >= 0.6 is 0 Å². The van der Waals surface area contributed by atoms with Crippen molar-refractivity contribution in [3.8, 4) is 0 Å². The van der Waals surface area contributed by atoms with Crippen LogP contribution in [0.15, 0.2) is 24.3 Å². The second-order valence-electron chi connectivity index (χ2n) is 6.37. The predicted molar refractivity (Wildman–Crippen MR) is 80.3 cm³/mol. The standard InChI is InChI=1S/C17H24N2O/c1-13-2-4-14(5-3-13)11-19-9-7-15-10-17(20)18-8-6-16(15)12-19/h2-5,15-16H,6-12H2,1H3,(H,18,20).